The summed E-state index contributed by atoms with van der Waals surface area (Å²) < 4.78 is 5.76. The number of carbonyl (C=O) groups excluding carboxylic acids is 2. The molecule has 2 aromatic rings. The first kappa shape index (κ1) is 17.7. The Bertz CT molecular complexity index is 1060. The van der Waals surface area contributed by atoms with Crippen LogP contribution >= 0.6 is 0 Å². The van der Waals surface area contributed by atoms with Gasteiger partial charge in [0, 0.05) is 23.9 Å². The van der Waals surface area contributed by atoms with E-state index in [1.54, 1.807) is 43.3 Å². The maximum atomic E-state index is 12.8. The number of nitrogens with one attached hydrogen (secondary N) is 1. The third-order valence-electron chi connectivity index (χ3n) is 4.73. The van der Waals surface area contributed by atoms with Crippen molar-refractivity contribution in [3.63, 3.8) is 0 Å². The number of carbonyl (C=O) groups is 2. The number of rotatable bonds is 3. The van der Waals surface area contributed by atoms with Crippen molar-refractivity contribution in [2.45, 2.75) is 6.92 Å². The zero-order valence-corrected chi connectivity index (χ0v) is 15.7. The van der Waals surface area contributed by atoms with Crippen LogP contribution in [0.25, 0.3) is 6.08 Å². The smallest absolute Gasteiger partial charge is 0.198 e. The molecule has 0 unspecified atom stereocenters. The molecule has 0 atom stereocenters. The predicted molar refractivity (Wildman–Crippen MR) is 110 cm³/mol. The molecule has 0 saturated carbocycles. The summed E-state index contributed by atoms with van der Waals surface area (Å²) in [5, 5.41) is 3.08. The van der Waals surface area contributed by atoms with Crippen molar-refractivity contribution in [1.29, 1.82) is 0 Å². The van der Waals surface area contributed by atoms with Crippen LogP contribution in [0.2, 0.25) is 0 Å². The van der Waals surface area contributed by atoms with E-state index in [2.05, 4.69) is 5.32 Å². The van der Waals surface area contributed by atoms with E-state index in [1.165, 1.54) is 0 Å². The number of anilines is 1. The van der Waals surface area contributed by atoms with Gasteiger partial charge >= 0.3 is 0 Å². The molecule has 0 saturated heterocycles. The topological polar surface area (TPSA) is 55.4 Å². The van der Waals surface area contributed by atoms with Crippen LogP contribution < -0.4 is 5.32 Å². The highest BCUT2D eigenvalue weighted by Crippen LogP contribution is 2.32. The zero-order valence-electron chi connectivity index (χ0n) is 15.7. The number of hydrogen-bond acceptors (Lipinski definition) is 4. The summed E-state index contributed by atoms with van der Waals surface area (Å²) in [6, 6.07) is 14.9. The SMILES string of the molecule is CNc1ccc(C=CC2=CC(=C3C(=O)c4ccccc4C3=O)C=C(C)O2)cc1. The molecular weight excluding hydrogens is 350 g/mol. The normalized spacial score (nSPS) is 16.1. The average molecular weight is 369 g/mol. The van der Waals surface area contributed by atoms with Gasteiger partial charge in [0.05, 0.1) is 5.57 Å². The largest absolute Gasteiger partial charge is 0.462 e. The molecule has 4 nitrogen and oxygen atoms in total. The summed E-state index contributed by atoms with van der Waals surface area (Å²) >= 11 is 0. The van der Waals surface area contributed by atoms with Crippen molar-refractivity contribution in [2.24, 2.45) is 0 Å². The van der Waals surface area contributed by atoms with Crippen molar-refractivity contribution in [2.75, 3.05) is 12.4 Å². The van der Waals surface area contributed by atoms with E-state index in [0.29, 0.717) is 28.2 Å². The Morgan fingerprint density at radius 3 is 2.11 bits per heavy atom. The lowest BCUT2D eigenvalue weighted by atomic mass is 10.0. The van der Waals surface area contributed by atoms with Crippen molar-refractivity contribution >= 4 is 23.3 Å². The molecular formula is C24H19NO3. The standard InChI is InChI=1S/C24H19NO3/c1-15-13-17(22-23(26)20-5-3-4-6-21(20)24(22)27)14-19(28-15)12-9-16-7-10-18(25-2)11-8-16/h3-14,25H,1-2H3. The fourth-order valence-electron chi connectivity index (χ4n) is 3.34. The molecule has 2 aliphatic rings. The second-order valence-electron chi connectivity index (χ2n) is 6.64. The first-order chi connectivity index (χ1) is 13.6. The maximum absolute atomic E-state index is 12.8. The molecule has 0 aromatic heterocycles. The van der Waals surface area contributed by atoms with E-state index in [4.69, 9.17) is 4.74 Å². The third kappa shape index (κ3) is 3.21. The number of Topliss-reactive ketones (excluding diaryl/α,β-unsaturated/α-hetero) is 2. The number of fused-ring (bicyclic) bond motifs is 1. The molecule has 1 N–H and O–H groups in total. The molecule has 4 rings (SSSR count). The van der Waals surface area contributed by atoms with Crippen molar-refractivity contribution in [3.05, 3.63) is 106 Å². The van der Waals surface area contributed by atoms with Gasteiger partial charge in [0.1, 0.15) is 11.5 Å². The van der Waals surface area contributed by atoms with Crippen LogP contribution in [0.1, 0.15) is 33.2 Å². The van der Waals surface area contributed by atoms with Crippen LogP contribution in [-0.4, -0.2) is 18.6 Å². The Morgan fingerprint density at radius 2 is 1.50 bits per heavy atom. The summed E-state index contributed by atoms with van der Waals surface area (Å²) in [4.78, 5) is 25.5. The minimum Gasteiger partial charge on any atom is -0.462 e. The van der Waals surface area contributed by atoms with Gasteiger partial charge < -0.3 is 10.1 Å². The summed E-state index contributed by atoms with van der Waals surface area (Å²) in [7, 11) is 1.87. The van der Waals surface area contributed by atoms with Gasteiger partial charge in [-0.15, -0.1) is 0 Å². The van der Waals surface area contributed by atoms with Gasteiger partial charge in [-0.05, 0) is 48.4 Å². The fourth-order valence-corrected chi connectivity index (χ4v) is 3.34. The van der Waals surface area contributed by atoms with Gasteiger partial charge in [-0.25, -0.2) is 0 Å². The Morgan fingerprint density at radius 1 is 0.857 bits per heavy atom. The highest BCUT2D eigenvalue weighted by molar-refractivity contribution is 6.40. The van der Waals surface area contributed by atoms with Gasteiger partial charge in [-0.2, -0.15) is 0 Å². The molecule has 138 valence electrons. The summed E-state index contributed by atoms with van der Waals surface area (Å²) in [5.74, 6) is 0.746. The molecule has 1 aliphatic carbocycles. The molecule has 28 heavy (non-hydrogen) atoms. The average Bonchev–Trinajstić information content (AvgIpc) is 2.97. The summed E-state index contributed by atoms with van der Waals surface area (Å²) in [5.41, 5.74) is 3.76. The van der Waals surface area contributed by atoms with Crippen LogP contribution in [-0.2, 0) is 4.74 Å². The molecule has 4 heteroatoms. The van der Waals surface area contributed by atoms with Gasteiger partial charge in [-0.1, -0.05) is 42.5 Å². The monoisotopic (exact) mass is 369 g/mol. The van der Waals surface area contributed by atoms with Crippen molar-refractivity contribution < 1.29 is 14.3 Å². The van der Waals surface area contributed by atoms with Gasteiger partial charge in [0.15, 0.2) is 11.6 Å². The number of ketones is 2. The van der Waals surface area contributed by atoms with Crippen molar-refractivity contribution in [1.82, 2.24) is 0 Å². The number of allylic oxidation sites excluding steroid dienone is 6. The van der Waals surface area contributed by atoms with E-state index in [0.717, 1.165) is 11.3 Å². The van der Waals surface area contributed by atoms with Crippen LogP contribution in [0.3, 0.4) is 0 Å². The van der Waals surface area contributed by atoms with E-state index >= 15 is 0 Å². The molecule has 0 fully saturated rings. The van der Waals surface area contributed by atoms with E-state index in [-0.39, 0.29) is 17.1 Å². The first-order valence-electron chi connectivity index (χ1n) is 9.03. The van der Waals surface area contributed by atoms with Crippen LogP contribution in [0.4, 0.5) is 5.69 Å². The minimum atomic E-state index is -0.233. The minimum absolute atomic E-state index is 0.202. The van der Waals surface area contributed by atoms with E-state index in [1.807, 2.05) is 43.5 Å². The lowest BCUT2D eigenvalue weighted by molar-refractivity contribution is 0.0988. The van der Waals surface area contributed by atoms with Crippen LogP contribution in [0.15, 0.2) is 89.4 Å². The van der Waals surface area contributed by atoms with E-state index in [9.17, 15) is 9.59 Å². The molecule has 0 radical (unpaired) electrons. The highest BCUT2D eigenvalue weighted by Gasteiger charge is 2.34. The molecule has 0 spiro atoms. The first-order valence-corrected chi connectivity index (χ1v) is 9.03. The lowest BCUT2D eigenvalue weighted by Crippen LogP contribution is -2.07. The Hall–Kier alpha value is -3.66. The number of hydrogen-bond donors (Lipinski definition) is 1. The number of ether oxygens (including phenoxy) is 1. The summed E-state index contributed by atoms with van der Waals surface area (Å²) in [6.45, 7) is 1.81. The second kappa shape index (κ2) is 7.16. The summed E-state index contributed by atoms with van der Waals surface area (Å²) in [6.07, 6.45) is 7.24. The maximum Gasteiger partial charge on any atom is 0.198 e. The van der Waals surface area contributed by atoms with Gasteiger partial charge in [0.2, 0.25) is 0 Å². The Labute approximate surface area is 163 Å². The third-order valence-corrected chi connectivity index (χ3v) is 4.73. The lowest BCUT2D eigenvalue weighted by Gasteiger charge is -2.14. The molecule has 1 heterocycles. The van der Waals surface area contributed by atoms with Crippen LogP contribution in [0.5, 0.6) is 0 Å². The van der Waals surface area contributed by atoms with E-state index < -0.39 is 0 Å². The van der Waals surface area contributed by atoms with Gasteiger partial charge in [-0.3, -0.25) is 9.59 Å². The molecule has 0 amide bonds. The Kier molecular flexibility index (Phi) is 4.53. The Balaban J connectivity index is 1.68. The quantitative estimate of drug-likeness (QED) is 0.615. The molecule has 2 aromatic carbocycles. The van der Waals surface area contributed by atoms with Gasteiger partial charge in [0.25, 0.3) is 0 Å². The molecule has 1 aliphatic heterocycles. The zero-order chi connectivity index (χ0) is 19.7. The second-order valence-corrected chi connectivity index (χ2v) is 6.64. The van der Waals surface area contributed by atoms with Crippen molar-refractivity contribution in [3.8, 4) is 0 Å². The number of benzene rings is 2. The predicted octanol–water partition coefficient (Wildman–Crippen LogP) is 4.94. The fraction of sp³-hybridized carbons (Fsp3) is 0.0833. The highest BCUT2D eigenvalue weighted by atomic mass is 16.5. The van der Waals surface area contributed by atoms with Crippen LogP contribution in [0, 0.1) is 0 Å². The molecule has 0 bridgehead atoms.